The van der Waals surface area contributed by atoms with E-state index in [2.05, 4.69) is 11.4 Å². The first-order valence-electron chi connectivity index (χ1n) is 6.65. The molecule has 19 heavy (non-hydrogen) atoms. The molecule has 1 saturated carbocycles. The van der Waals surface area contributed by atoms with Crippen LogP contribution in [0.3, 0.4) is 0 Å². The molecule has 0 bridgehead atoms. The minimum Gasteiger partial charge on any atom is -0.297 e. The summed E-state index contributed by atoms with van der Waals surface area (Å²) in [5, 5.41) is 12.4. The van der Waals surface area contributed by atoms with Gasteiger partial charge in [0.15, 0.2) is 0 Å². The highest BCUT2D eigenvalue weighted by Gasteiger charge is 2.35. The summed E-state index contributed by atoms with van der Waals surface area (Å²) in [7, 11) is 0. The van der Waals surface area contributed by atoms with E-state index < -0.39 is 18.3 Å². The molecule has 1 rings (SSSR count). The van der Waals surface area contributed by atoms with Crippen molar-refractivity contribution in [3.05, 3.63) is 0 Å². The first-order chi connectivity index (χ1) is 8.65. The standard InChI is InChI=1S/C13H22F3N3/c1-10(2)19(9-13(14,15)16)7-6-12(3,8-17)18-11-4-5-11/h10-11,18H,4-7,9H2,1-3H3. The number of hydrogen-bond acceptors (Lipinski definition) is 3. The van der Waals surface area contributed by atoms with Gasteiger partial charge in [0.05, 0.1) is 12.6 Å². The molecule has 6 heteroatoms. The van der Waals surface area contributed by atoms with Crippen LogP contribution in [0.1, 0.15) is 40.0 Å². The van der Waals surface area contributed by atoms with Crippen LogP contribution in [0.2, 0.25) is 0 Å². The van der Waals surface area contributed by atoms with Gasteiger partial charge in [0.2, 0.25) is 0 Å². The quantitative estimate of drug-likeness (QED) is 0.777. The van der Waals surface area contributed by atoms with Crippen LogP contribution in [0, 0.1) is 11.3 Å². The fraction of sp³-hybridized carbons (Fsp3) is 0.923. The van der Waals surface area contributed by atoms with Crippen molar-refractivity contribution < 1.29 is 13.2 Å². The van der Waals surface area contributed by atoms with E-state index in [1.807, 2.05) is 0 Å². The predicted molar refractivity (Wildman–Crippen MR) is 67.6 cm³/mol. The van der Waals surface area contributed by atoms with Gasteiger partial charge in [0, 0.05) is 18.6 Å². The minimum atomic E-state index is -4.20. The number of alkyl halides is 3. The summed E-state index contributed by atoms with van der Waals surface area (Å²) >= 11 is 0. The number of nitriles is 1. The van der Waals surface area contributed by atoms with Crippen molar-refractivity contribution in [1.29, 1.82) is 5.26 Å². The van der Waals surface area contributed by atoms with E-state index in [1.165, 1.54) is 4.90 Å². The molecule has 1 fully saturated rings. The number of rotatable bonds is 7. The molecule has 3 nitrogen and oxygen atoms in total. The molecule has 1 aliphatic carbocycles. The molecule has 0 aliphatic heterocycles. The Labute approximate surface area is 112 Å². The number of nitrogens with zero attached hydrogens (tertiary/aromatic N) is 2. The van der Waals surface area contributed by atoms with Crippen LogP contribution < -0.4 is 5.32 Å². The van der Waals surface area contributed by atoms with Crippen LogP contribution in [0.5, 0.6) is 0 Å². The molecule has 1 N–H and O–H groups in total. The normalized spacial score (nSPS) is 19.5. The smallest absolute Gasteiger partial charge is 0.297 e. The Kier molecular flexibility index (Phi) is 5.22. The molecule has 0 heterocycles. The van der Waals surface area contributed by atoms with Crippen LogP contribution in [-0.2, 0) is 0 Å². The number of hydrogen-bond donors (Lipinski definition) is 1. The molecule has 1 aliphatic rings. The van der Waals surface area contributed by atoms with E-state index in [-0.39, 0.29) is 12.6 Å². The second-order valence-electron chi connectivity index (χ2n) is 5.79. The lowest BCUT2D eigenvalue weighted by atomic mass is 9.99. The molecule has 0 radical (unpaired) electrons. The highest BCUT2D eigenvalue weighted by atomic mass is 19.4. The SMILES string of the molecule is CC(C)N(CCC(C)(C#N)NC1CC1)CC(F)(F)F. The second-order valence-corrected chi connectivity index (χ2v) is 5.79. The monoisotopic (exact) mass is 277 g/mol. The molecule has 0 aromatic carbocycles. The molecule has 0 aromatic heterocycles. The lowest BCUT2D eigenvalue weighted by Crippen LogP contribution is -2.47. The molecular formula is C13H22F3N3. The molecule has 0 amide bonds. The van der Waals surface area contributed by atoms with Crippen molar-refractivity contribution in [2.75, 3.05) is 13.1 Å². The lowest BCUT2D eigenvalue weighted by Gasteiger charge is -2.31. The highest BCUT2D eigenvalue weighted by molar-refractivity contribution is 5.07. The van der Waals surface area contributed by atoms with Crippen LogP contribution in [-0.4, -0.2) is 41.8 Å². The first kappa shape index (κ1) is 16.3. The van der Waals surface area contributed by atoms with Gasteiger partial charge < -0.3 is 0 Å². The molecule has 1 atom stereocenters. The van der Waals surface area contributed by atoms with E-state index in [9.17, 15) is 18.4 Å². The van der Waals surface area contributed by atoms with Crippen molar-refractivity contribution in [1.82, 2.24) is 10.2 Å². The maximum Gasteiger partial charge on any atom is 0.401 e. The maximum absolute atomic E-state index is 12.5. The van der Waals surface area contributed by atoms with Crippen LogP contribution in [0.4, 0.5) is 13.2 Å². The van der Waals surface area contributed by atoms with E-state index >= 15 is 0 Å². The Morgan fingerprint density at radius 3 is 2.32 bits per heavy atom. The Morgan fingerprint density at radius 2 is 1.95 bits per heavy atom. The summed E-state index contributed by atoms with van der Waals surface area (Å²) in [5.41, 5.74) is -0.736. The van der Waals surface area contributed by atoms with Crippen LogP contribution in [0.25, 0.3) is 0 Å². The van der Waals surface area contributed by atoms with Gasteiger partial charge in [0.1, 0.15) is 5.54 Å². The third kappa shape index (κ3) is 6.26. The van der Waals surface area contributed by atoms with Gasteiger partial charge in [-0.05, 0) is 40.0 Å². The van der Waals surface area contributed by atoms with E-state index in [0.29, 0.717) is 12.5 Å². The molecule has 1 unspecified atom stereocenters. The van der Waals surface area contributed by atoms with Crippen molar-refractivity contribution in [3.8, 4) is 6.07 Å². The molecule has 0 spiro atoms. The highest BCUT2D eigenvalue weighted by Crippen LogP contribution is 2.25. The van der Waals surface area contributed by atoms with Gasteiger partial charge in [-0.2, -0.15) is 18.4 Å². The molecule has 0 saturated heterocycles. The fourth-order valence-electron chi connectivity index (χ4n) is 1.96. The Hall–Kier alpha value is -0.800. The Morgan fingerprint density at radius 1 is 1.37 bits per heavy atom. The Bertz CT molecular complexity index is 331. The maximum atomic E-state index is 12.5. The van der Waals surface area contributed by atoms with E-state index in [4.69, 9.17) is 0 Å². The summed E-state index contributed by atoms with van der Waals surface area (Å²) in [6.45, 7) is 4.58. The summed E-state index contributed by atoms with van der Waals surface area (Å²) in [4.78, 5) is 1.37. The van der Waals surface area contributed by atoms with Crippen molar-refractivity contribution in [2.45, 2.75) is 63.8 Å². The third-order valence-corrected chi connectivity index (χ3v) is 3.36. The number of nitrogens with one attached hydrogen (secondary N) is 1. The van der Waals surface area contributed by atoms with E-state index in [0.717, 1.165) is 12.8 Å². The Balaban J connectivity index is 2.51. The lowest BCUT2D eigenvalue weighted by molar-refractivity contribution is -0.150. The van der Waals surface area contributed by atoms with Crippen molar-refractivity contribution in [3.63, 3.8) is 0 Å². The van der Waals surface area contributed by atoms with Gasteiger partial charge in [0.25, 0.3) is 0 Å². The van der Waals surface area contributed by atoms with Gasteiger partial charge in [-0.15, -0.1) is 0 Å². The summed E-state index contributed by atoms with van der Waals surface area (Å²) < 4.78 is 37.4. The van der Waals surface area contributed by atoms with Crippen LogP contribution >= 0.6 is 0 Å². The zero-order valence-corrected chi connectivity index (χ0v) is 11.7. The largest absolute Gasteiger partial charge is 0.401 e. The summed E-state index contributed by atoms with van der Waals surface area (Å²) in [6.07, 6.45) is -1.70. The van der Waals surface area contributed by atoms with Crippen molar-refractivity contribution in [2.24, 2.45) is 0 Å². The average molecular weight is 277 g/mol. The van der Waals surface area contributed by atoms with Gasteiger partial charge in [-0.25, -0.2) is 0 Å². The molecular weight excluding hydrogens is 255 g/mol. The fourth-order valence-corrected chi connectivity index (χ4v) is 1.96. The first-order valence-corrected chi connectivity index (χ1v) is 6.65. The number of halogens is 3. The zero-order chi connectivity index (χ0) is 14.7. The average Bonchev–Trinajstić information content (AvgIpc) is 3.06. The minimum absolute atomic E-state index is 0.189. The van der Waals surface area contributed by atoms with Crippen LogP contribution in [0.15, 0.2) is 0 Å². The summed E-state index contributed by atoms with van der Waals surface area (Å²) in [6, 6.07) is 2.36. The topological polar surface area (TPSA) is 39.1 Å². The second kappa shape index (κ2) is 6.10. The van der Waals surface area contributed by atoms with Gasteiger partial charge in [-0.3, -0.25) is 10.2 Å². The predicted octanol–water partition coefficient (Wildman–Crippen LogP) is 2.68. The third-order valence-electron chi connectivity index (χ3n) is 3.36. The van der Waals surface area contributed by atoms with E-state index in [1.54, 1.807) is 20.8 Å². The molecule has 0 aromatic rings. The summed E-state index contributed by atoms with van der Waals surface area (Å²) in [5.74, 6) is 0. The van der Waals surface area contributed by atoms with Gasteiger partial charge in [-0.1, -0.05) is 0 Å². The molecule has 110 valence electrons. The van der Waals surface area contributed by atoms with Crippen molar-refractivity contribution >= 4 is 0 Å². The van der Waals surface area contributed by atoms with Gasteiger partial charge >= 0.3 is 6.18 Å². The zero-order valence-electron chi connectivity index (χ0n) is 11.7.